The lowest BCUT2D eigenvalue weighted by molar-refractivity contribution is 0.0526. The van der Waals surface area contributed by atoms with Crippen LogP contribution < -0.4 is 5.73 Å². The SMILES string of the molecule is CCOC(=O)c1ccc(C(=O)C#Cc2ccccc2N)cc1. The summed E-state index contributed by atoms with van der Waals surface area (Å²) in [4.78, 5) is 23.5. The zero-order valence-corrected chi connectivity index (χ0v) is 12.1. The second kappa shape index (κ2) is 7.09. The van der Waals surface area contributed by atoms with Crippen LogP contribution in [0.1, 0.15) is 33.2 Å². The zero-order valence-electron chi connectivity index (χ0n) is 12.1. The summed E-state index contributed by atoms with van der Waals surface area (Å²) in [6.07, 6.45) is 0. The van der Waals surface area contributed by atoms with Gasteiger partial charge in [-0.2, -0.15) is 0 Å². The van der Waals surface area contributed by atoms with E-state index >= 15 is 0 Å². The molecule has 0 aliphatic heterocycles. The van der Waals surface area contributed by atoms with Crippen LogP contribution in [0.4, 0.5) is 5.69 Å². The van der Waals surface area contributed by atoms with Crippen LogP contribution in [0, 0.1) is 11.8 Å². The van der Waals surface area contributed by atoms with Gasteiger partial charge in [0.05, 0.1) is 12.2 Å². The van der Waals surface area contributed by atoms with E-state index in [9.17, 15) is 9.59 Å². The number of rotatable bonds is 3. The molecular weight excluding hydrogens is 278 g/mol. The number of ether oxygens (including phenoxy) is 1. The minimum absolute atomic E-state index is 0.309. The number of ketones is 1. The summed E-state index contributed by atoms with van der Waals surface area (Å²) < 4.78 is 4.88. The summed E-state index contributed by atoms with van der Waals surface area (Å²) in [5.74, 6) is 4.55. The highest BCUT2D eigenvalue weighted by atomic mass is 16.5. The molecule has 0 atom stereocenters. The first-order valence-electron chi connectivity index (χ1n) is 6.80. The van der Waals surface area contributed by atoms with E-state index in [4.69, 9.17) is 10.5 Å². The Morgan fingerprint density at radius 2 is 1.68 bits per heavy atom. The van der Waals surface area contributed by atoms with Gasteiger partial charge in [-0.15, -0.1) is 0 Å². The van der Waals surface area contributed by atoms with E-state index < -0.39 is 5.97 Å². The first-order valence-corrected chi connectivity index (χ1v) is 6.80. The number of carbonyl (C=O) groups is 2. The van der Waals surface area contributed by atoms with Crippen molar-refractivity contribution in [2.24, 2.45) is 0 Å². The molecule has 2 aromatic carbocycles. The molecule has 2 rings (SSSR count). The third kappa shape index (κ3) is 3.74. The van der Waals surface area contributed by atoms with Crippen molar-refractivity contribution >= 4 is 17.4 Å². The zero-order chi connectivity index (χ0) is 15.9. The maximum absolute atomic E-state index is 12.0. The fourth-order valence-electron chi connectivity index (χ4n) is 1.78. The second-order valence-electron chi connectivity index (χ2n) is 4.46. The van der Waals surface area contributed by atoms with Gasteiger partial charge in [-0.3, -0.25) is 4.79 Å². The highest BCUT2D eigenvalue weighted by Gasteiger charge is 2.08. The Morgan fingerprint density at radius 1 is 1.05 bits per heavy atom. The van der Waals surface area contributed by atoms with Gasteiger partial charge in [0, 0.05) is 16.8 Å². The molecule has 0 bridgehead atoms. The Bertz CT molecular complexity index is 752. The predicted octanol–water partition coefficient (Wildman–Crippen LogP) is 2.68. The molecule has 0 spiro atoms. The second-order valence-corrected chi connectivity index (χ2v) is 4.46. The van der Waals surface area contributed by atoms with E-state index in [2.05, 4.69) is 11.8 Å². The van der Waals surface area contributed by atoms with Crippen molar-refractivity contribution in [1.29, 1.82) is 0 Å². The van der Waals surface area contributed by atoms with Crippen LogP contribution in [0.2, 0.25) is 0 Å². The predicted molar refractivity (Wildman–Crippen MR) is 84.5 cm³/mol. The smallest absolute Gasteiger partial charge is 0.338 e. The number of para-hydroxylation sites is 1. The largest absolute Gasteiger partial charge is 0.462 e. The van der Waals surface area contributed by atoms with Gasteiger partial charge in [-0.25, -0.2) is 4.79 Å². The molecule has 22 heavy (non-hydrogen) atoms. The van der Waals surface area contributed by atoms with Gasteiger partial charge in [0.1, 0.15) is 0 Å². The van der Waals surface area contributed by atoms with E-state index in [0.29, 0.717) is 29.0 Å². The number of nitrogen functional groups attached to an aromatic ring is 1. The monoisotopic (exact) mass is 293 g/mol. The van der Waals surface area contributed by atoms with E-state index in [1.54, 1.807) is 55.5 Å². The van der Waals surface area contributed by atoms with E-state index in [0.717, 1.165) is 0 Å². The molecular formula is C18H15NO3. The number of nitrogens with two attached hydrogens (primary N) is 1. The van der Waals surface area contributed by atoms with Crippen molar-refractivity contribution in [2.45, 2.75) is 6.92 Å². The average molecular weight is 293 g/mol. The van der Waals surface area contributed by atoms with Crippen LogP contribution in [0.5, 0.6) is 0 Å². The van der Waals surface area contributed by atoms with E-state index in [1.807, 2.05) is 0 Å². The third-order valence-corrected chi connectivity index (χ3v) is 2.93. The molecule has 110 valence electrons. The number of carbonyl (C=O) groups excluding carboxylic acids is 2. The first-order chi connectivity index (χ1) is 10.6. The minimum atomic E-state index is -0.412. The van der Waals surface area contributed by atoms with Gasteiger partial charge < -0.3 is 10.5 Å². The molecule has 0 radical (unpaired) electrons. The van der Waals surface area contributed by atoms with Crippen LogP contribution in [0.3, 0.4) is 0 Å². The number of anilines is 1. The summed E-state index contributed by atoms with van der Waals surface area (Å²) >= 11 is 0. The number of benzene rings is 2. The lowest BCUT2D eigenvalue weighted by atomic mass is 10.1. The first kappa shape index (κ1) is 15.3. The van der Waals surface area contributed by atoms with Crippen LogP contribution in [0.25, 0.3) is 0 Å². The highest BCUT2D eigenvalue weighted by Crippen LogP contribution is 2.09. The van der Waals surface area contributed by atoms with Crippen molar-refractivity contribution < 1.29 is 14.3 Å². The Kier molecular flexibility index (Phi) is 4.94. The lowest BCUT2D eigenvalue weighted by Crippen LogP contribution is -2.05. The minimum Gasteiger partial charge on any atom is -0.462 e. The van der Waals surface area contributed by atoms with Crippen molar-refractivity contribution in [3.05, 3.63) is 65.2 Å². The lowest BCUT2D eigenvalue weighted by Gasteiger charge is -2.01. The standard InChI is InChI=1S/C18H15NO3/c1-2-22-18(21)15-9-7-14(8-10-15)17(20)12-11-13-5-3-4-6-16(13)19/h3-10H,2,19H2,1H3. The van der Waals surface area contributed by atoms with Gasteiger partial charge in [-0.1, -0.05) is 18.1 Å². The summed E-state index contributed by atoms with van der Waals surface area (Å²) in [6, 6.07) is 13.3. The summed E-state index contributed by atoms with van der Waals surface area (Å²) in [5.41, 5.74) is 7.71. The molecule has 0 saturated heterocycles. The van der Waals surface area contributed by atoms with Crippen LogP contribution in [-0.2, 0) is 4.74 Å². The normalized spacial score (nSPS) is 9.50. The number of esters is 1. The topological polar surface area (TPSA) is 69.4 Å². The highest BCUT2D eigenvalue weighted by molar-refractivity contribution is 6.09. The molecule has 0 aliphatic rings. The van der Waals surface area contributed by atoms with Crippen molar-refractivity contribution in [1.82, 2.24) is 0 Å². The van der Waals surface area contributed by atoms with Crippen molar-refractivity contribution in [3.63, 3.8) is 0 Å². The van der Waals surface area contributed by atoms with Gasteiger partial charge in [0.2, 0.25) is 5.78 Å². The van der Waals surface area contributed by atoms with Crippen LogP contribution in [0.15, 0.2) is 48.5 Å². The fraction of sp³-hybridized carbons (Fsp3) is 0.111. The van der Waals surface area contributed by atoms with Gasteiger partial charge in [0.25, 0.3) is 0 Å². The molecule has 2 aromatic rings. The maximum atomic E-state index is 12.0. The third-order valence-electron chi connectivity index (χ3n) is 2.93. The summed E-state index contributed by atoms with van der Waals surface area (Å²) in [5, 5.41) is 0. The fourth-order valence-corrected chi connectivity index (χ4v) is 1.78. The van der Waals surface area contributed by atoms with Crippen molar-refractivity contribution in [2.75, 3.05) is 12.3 Å². The molecule has 0 saturated carbocycles. The van der Waals surface area contributed by atoms with Crippen LogP contribution >= 0.6 is 0 Å². The Labute approximate surface area is 128 Å². The van der Waals surface area contributed by atoms with Gasteiger partial charge >= 0.3 is 5.97 Å². The molecule has 4 nitrogen and oxygen atoms in total. The maximum Gasteiger partial charge on any atom is 0.338 e. The van der Waals surface area contributed by atoms with E-state index in [-0.39, 0.29) is 5.78 Å². The summed E-state index contributed by atoms with van der Waals surface area (Å²) in [6.45, 7) is 2.05. The Hall–Kier alpha value is -3.06. The molecule has 0 amide bonds. The Morgan fingerprint density at radius 3 is 2.32 bits per heavy atom. The number of hydrogen-bond acceptors (Lipinski definition) is 4. The molecule has 0 heterocycles. The quantitative estimate of drug-likeness (QED) is 0.409. The summed E-state index contributed by atoms with van der Waals surface area (Å²) in [7, 11) is 0. The van der Waals surface area contributed by atoms with Gasteiger partial charge in [-0.05, 0) is 49.2 Å². The molecule has 4 heteroatoms. The van der Waals surface area contributed by atoms with Gasteiger partial charge in [0.15, 0.2) is 0 Å². The Balaban J connectivity index is 2.14. The molecule has 0 aliphatic carbocycles. The van der Waals surface area contributed by atoms with Crippen molar-refractivity contribution in [3.8, 4) is 11.8 Å². The molecule has 0 fully saturated rings. The average Bonchev–Trinajstić information content (AvgIpc) is 2.54. The number of Topliss-reactive ketones (excluding diaryl/α,β-unsaturated/α-hetero) is 1. The number of hydrogen-bond donors (Lipinski definition) is 1. The van der Waals surface area contributed by atoms with E-state index in [1.165, 1.54) is 0 Å². The molecule has 0 unspecified atom stereocenters. The van der Waals surface area contributed by atoms with Crippen LogP contribution in [-0.4, -0.2) is 18.4 Å². The molecule has 0 aromatic heterocycles. The molecule has 2 N–H and O–H groups in total.